The molecule has 0 bridgehead atoms. The number of amides is 4. The molecule has 1 saturated heterocycles. The Morgan fingerprint density at radius 2 is 1.63 bits per heavy atom. The van der Waals surface area contributed by atoms with Gasteiger partial charge in [-0.05, 0) is 67.1 Å². The molecule has 0 unspecified atom stereocenters. The van der Waals surface area contributed by atoms with E-state index in [0.29, 0.717) is 26.9 Å². The van der Waals surface area contributed by atoms with Gasteiger partial charge in [0, 0.05) is 22.6 Å². The maximum absolute atomic E-state index is 13.4. The lowest BCUT2D eigenvalue weighted by Crippen LogP contribution is -2.31. The van der Waals surface area contributed by atoms with E-state index in [1.807, 2.05) is 31.2 Å². The number of carbonyl (C=O) groups is 4. The number of imide groups is 1. The molecule has 4 aromatic rings. The van der Waals surface area contributed by atoms with Crippen molar-refractivity contribution in [2.24, 2.45) is 0 Å². The number of nitrogens with one attached hydrogen (secondary N) is 2. The molecule has 7 nitrogen and oxygen atoms in total. The summed E-state index contributed by atoms with van der Waals surface area (Å²) in [6, 6.07) is 27.7. The average Bonchev–Trinajstić information content (AvgIpc) is 3.27. The minimum absolute atomic E-state index is 0.00921. The van der Waals surface area contributed by atoms with Gasteiger partial charge < -0.3 is 10.6 Å². The first-order chi connectivity index (χ1) is 20.7. The highest BCUT2D eigenvalue weighted by atomic mass is 35.5. The number of rotatable bonds is 8. The fraction of sp³-hybridized carbons (Fsp3) is 0.0909. The third kappa shape index (κ3) is 7.35. The summed E-state index contributed by atoms with van der Waals surface area (Å²) < 4.78 is 0. The smallest absolute Gasteiger partial charge is 0.272 e. The van der Waals surface area contributed by atoms with Crippen LogP contribution in [0.4, 0.5) is 11.4 Å². The molecule has 1 fully saturated rings. The molecule has 1 aliphatic heterocycles. The van der Waals surface area contributed by atoms with Gasteiger partial charge in [0.1, 0.15) is 5.70 Å². The van der Waals surface area contributed by atoms with E-state index < -0.39 is 17.1 Å². The SMILES string of the molecule is Cc1ccc(/C=C(\NC(=O)c2ccccc2)C(=O)Nc2cccc(S[C@H]3CC(=O)N(c4ccc(Cl)c(Cl)c4)C3=O)c2)cc1. The summed E-state index contributed by atoms with van der Waals surface area (Å²) in [7, 11) is 0. The van der Waals surface area contributed by atoms with Gasteiger partial charge in [-0.1, -0.05) is 77.3 Å². The molecule has 5 rings (SSSR count). The van der Waals surface area contributed by atoms with Crippen LogP contribution in [-0.4, -0.2) is 28.9 Å². The lowest BCUT2D eigenvalue weighted by molar-refractivity contribution is -0.121. The molecule has 1 atom stereocenters. The molecular formula is C33H25Cl2N3O4S. The van der Waals surface area contributed by atoms with Crippen LogP contribution >= 0.6 is 35.0 Å². The van der Waals surface area contributed by atoms with Gasteiger partial charge in [0.05, 0.1) is 21.0 Å². The summed E-state index contributed by atoms with van der Waals surface area (Å²) in [5, 5.41) is 5.48. The van der Waals surface area contributed by atoms with Crippen LogP contribution in [0.15, 0.2) is 108 Å². The molecule has 1 heterocycles. The van der Waals surface area contributed by atoms with E-state index in [4.69, 9.17) is 23.2 Å². The molecule has 0 aliphatic carbocycles. The van der Waals surface area contributed by atoms with Crippen LogP contribution in [0.1, 0.15) is 27.9 Å². The number of benzene rings is 4. The number of carbonyl (C=O) groups excluding carboxylic acids is 4. The molecule has 216 valence electrons. The van der Waals surface area contributed by atoms with Crippen molar-refractivity contribution in [1.82, 2.24) is 5.32 Å². The molecule has 10 heteroatoms. The van der Waals surface area contributed by atoms with Crippen LogP contribution in [0.2, 0.25) is 10.0 Å². The molecule has 2 N–H and O–H groups in total. The summed E-state index contributed by atoms with van der Waals surface area (Å²) >= 11 is 13.3. The van der Waals surface area contributed by atoms with Crippen molar-refractivity contribution >= 4 is 76.0 Å². The predicted octanol–water partition coefficient (Wildman–Crippen LogP) is 7.14. The number of hydrogen-bond acceptors (Lipinski definition) is 5. The van der Waals surface area contributed by atoms with E-state index >= 15 is 0 Å². The second kappa shape index (κ2) is 13.3. The number of thioether (sulfide) groups is 1. The van der Waals surface area contributed by atoms with E-state index in [1.165, 1.54) is 23.9 Å². The fourth-order valence-corrected chi connectivity index (χ4v) is 5.78. The number of halogens is 2. The van der Waals surface area contributed by atoms with Crippen molar-refractivity contribution in [3.63, 3.8) is 0 Å². The molecule has 0 radical (unpaired) electrons. The summed E-state index contributed by atoms with van der Waals surface area (Å²) in [6.45, 7) is 1.96. The summed E-state index contributed by atoms with van der Waals surface area (Å²) in [6.07, 6.45) is 1.61. The molecule has 0 spiro atoms. The summed E-state index contributed by atoms with van der Waals surface area (Å²) in [5.74, 6) is -1.65. The number of nitrogens with zero attached hydrogens (tertiary/aromatic N) is 1. The number of aryl methyl sites for hydroxylation is 1. The highest BCUT2D eigenvalue weighted by molar-refractivity contribution is 8.00. The Morgan fingerprint density at radius 3 is 2.35 bits per heavy atom. The van der Waals surface area contributed by atoms with E-state index in [1.54, 1.807) is 66.7 Å². The van der Waals surface area contributed by atoms with Crippen molar-refractivity contribution in [2.75, 3.05) is 10.2 Å². The van der Waals surface area contributed by atoms with Gasteiger partial charge in [0.15, 0.2) is 0 Å². The quantitative estimate of drug-likeness (QED) is 0.160. The van der Waals surface area contributed by atoms with E-state index in [0.717, 1.165) is 16.0 Å². The molecule has 4 amide bonds. The standard InChI is InChI=1S/C33H25Cl2N3O4S/c1-20-10-12-21(13-11-20)16-28(37-31(40)22-6-3-2-4-7-22)32(41)36-23-8-5-9-25(17-23)43-29-19-30(39)38(33(29)42)24-14-15-26(34)27(35)18-24/h2-18,29H,19H2,1H3,(H,36,41)(H,37,40)/b28-16-/t29-/m0/s1. The molecule has 43 heavy (non-hydrogen) atoms. The van der Waals surface area contributed by atoms with Crippen LogP contribution in [0.3, 0.4) is 0 Å². The number of hydrogen-bond donors (Lipinski definition) is 2. The highest BCUT2D eigenvalue weighted by Crippen LogP contribution is 2.36. The van der Waals surface area contributed by atoms with Gasteiger partial charge in [-0.25, -0.2) is 4.90 Å². The first-order valence-electron chi connectivity index (χ1n) is 13.2. The van der Waals surface area contributed by atoms with Crippen molar-refractivity contribution in [2.45, 2.75) is 23.5 Å². The second-order valence-electron chi connectivity index (χ2n) is 9.75. The Balaban J connectivity index is 1.32. The van der Waals surface area contributed by atoms with Gasteiger partial charge in [-0.15, -0.1) is 11.8 Å². The highest BCUT2D eigenvalue weighted by Gasteiger charge is 2.40. The zero-order valence-corrected chi connectivity index (χ0v) is 25.2. The van der Waals surface area contributed by atoms with Crippen LogP contribution in [0.25, 0.3) is 6.08 Å². The van der Waals surface area contributed by atoms with Gasteiger partial charge in [-0.3, -0.25) is 19.2 Å². The predicted molar refractivity (Wildman–Crippen MR) is 171 cm³/mol. The van der Waals surface area contributed by atoms with Crippen molar-refractivity contribution in [1.29, 1.82) is 0 Å². The summed E-state index contributed by atoms with van der Waals surface area (Å²) in [5.41, 5.74) is 3.09. The minimum Gasteiger partial charge on any atom is -0.321 e. The molecular weight excluding hydrogens is 605 g/mol. The third-order valence-electron chi connectivity index (χ3n) is 6.55. The van der Waals surface area contributed by atoms with Crippen molar-refractivity contribution in [3.05, 3.63) is 129 Å². The Kier molecular flexibility index (Phi) is 9.31. The largest absolute Gasteiger partial charge is 0.321 e. The maximum Gasteiger partial charge on any atom is 0.272 e. The Morgan fingerprint density at radius 1 is 0.884 bits per heavy atom. The Labute approximate surface area is 262 Å². The summed E-state index contributed by atoms with van der Waals surface area (Å²) in [4.78, 5) is 54.1. The third-order valence-corrected chi connectivity index (χ3v) is 8.47. The van der Waals surface area contributed by atoms with Crippen LogP contribution in [-0.2, 0) is 14.4 Å². The fourth-order valence-electron chi connectivity index (χ4n) is 4.37. The second-order valence-corrected chi connectivity index (χ2v) is 11.8. The zero-order chi connectivity index (χ0) is 30.5. The lowest BCUT2D eigenvalue weighted by Gasteiger charge is -2.16. The van der Waals surface area contributed by atoms with Crippen LogP contribution in [0, 0.1) is 6.92 Å². The Bertz CT molecular complexity index is 1740. The molecule has 0 aromatic heterocycles. The van der Waals surface area contributed by atoms with Crippen molar-refractivity contribution < 1.29 is 19.2 Å². The monoisotopic (exact) mass is 629 g/mol. The number of anilines is 2. The first kappa shape index (κ1) is 30.1. The van der Waals surface area contributed by atoms with Crippen LogP contribution < -0.4 is 15.5 Å². The minimum atomic E-state index is -0.657. The zero-order valence-electron chi connectivity index (χ0n) is 22.8. The molecule has 0 saturated carbocycles. The molecule has 4 aromatic carbocycles. The van der Waals surface area contributed by atoms with Gasteiger partial charge in [0.25, 0.3) is 11.8 Å². The van der Waals surface area contributed by atoms with Gasteiger partial charge >= 0.3 is 0 Å². The van der Waals surface area contributed by atoms with E-state index in [2.05, 4.69) is 10.6 Å². The van der Waals surface area contributed by atoms with Crippen molar-refractivity contribution in [3.8, 4) is 0 Å². The topological polar surface area (TPSA) is 95.6 Å². The Hall–Kier alpha value is -4.37. The van der Waals surface area contributed by atoms with E-state index in [-0.39, 0.29) is 29.0 Å². The normalized spacial score (nSPS) is 15.0. The van der Waals surface area contributed by atoms with E-state index in [9.17, 15) is 19.2 Å². The lowest BCUT2D eigenvalue weighted by atomic mass is 10.1. The average molecular weight is 631 g/mol. The molecule has 1 aliphatic rings. The van der Waals surface area contributed by atoms with Crippen LogP contribution in [0.5, 0.6) is 0 Å². The van der Waals surface area contributed by atoms with Gasteiger partial charge in [0.2, 0.25) is 11.8 Å². The van der Waals surface area contributed by atoms with Gasteiger partial charge in [-0.2, -0.15) is 0 Å². The maximum atomic E-state index is 13.4. The first-order valence-corrected chi connectivity index (χ1v) is 14.9.